The number of amides is 1. The van der Waals surface area contributed by atoms with E-state index in [9.17, 15) is 21.6 Å². The van der Waals surface area contributed by atoms with Gasteiger partial charge in [-0.3, -0.25) is 13.8 Å². The lowest BCUT2D eigenvalue weighted by Crippen LogP contribution is -2.32. The molecule has 13 heteroatoms. The monoisotopic (exact) mass is 601 g/mol. The number of carbonyl (C=O) groups is 1. The van der Waals surface area contributed by atoms with E-state index in [1.807, 2.05) is 18.2 Å². The van der Waals surface area contributed by atoms with Crippen LogP contribution >= 0.6 is 15.9 Å². The number of benzene rings is 3. The fourth-order valence-electron chi connectivity index (χ4n) is 4.08. The second kappa shape index (κ2) is 9.01. The number of hydrogen-bond donors (Lipinski definition) is 2. The molecule has 37 heavy (non-hydrogen) atoms. The van der Waals surface area contributed by atoms with Crippen molar-refractivity contribution in [1.29, 1.82) is 0 Å². The Labute approximate surface area is 222 Å². The van der Waals surface area contributed by atoms with Gasteiger partial charge in [-0.1, -0.05) is 40.2 Å². The zero-order valence-electron chi connectivity index (χ0n) is 19.5. The van der Waals surface area contributed by atoms with Crippen molar-refractivity contribution in [3.05, 3.63) is 83.0 Å². The topological polar surface area (TPSA) is 130 Å². The quantitative estimate of drug-likeness (QED) is 0.354. The predicted molar refractivity (Wildman–Crippen MR) is 145 cm³/mol. The highest BCUT2D eigenvalue weighted by Crippen LogP contribution is 2.45. The van der Waals surface area contributed by atoms with Crippen LogP contribution in [0.15, 0.2) is 82.2 Å². The molecule has 1 aromatic heterocycles. The summed E-state index contributed by atoms with van der Waals surface area (Å²) in [7, 11) is -6.00. The summed E-state index contributed by atoms with van der Waals surface area (Å²) in [6, 6.07) is 19.9. The van der Waals surface area contributed by atoms with Crippen molar-refractivity contribution < 1.29 is 21.6 Å². The molecular weight excluding hydrogens is 582 g/mol. The van der Waals surface area contributed by atoms with Gasteiger partial charge >= 0.3 is 0 Å². The van der Waals surface area contributed by atoms with E-state index in [2.05, 4.69) is 31.1 Å². The summed E-state index contributed by atoms with van der Waals surface area (Å²) < 4.78 is 55.3. The highest BCUT2D eigenvalue weighted by atomic mass is 79.9. The second-order valence-electron chi connectivity index (χ2n) is 8.31. The largest absolute Gasteiger partial charge is 0.321 e. The first-order valence-corrected chi connectivity index (χ1v) is 14.9. The van der Waals surface area contributed by atoms with E-state index in [0.29, 0.717) is 28.3 Å². The minimum absolute atomic E-state index is 0.0890. The van der Waals surface area contributed by atoms with Crippen LogP contribution in [-0.2, 0) is 20.0 Å². The van der Waals surface area contributed by atoms with Gasteiger partial charge in [0.2, 0.25) is 10.0 Å². The van der Waals surface area contributed by atoms with Crippen LogP contribution in [0.2, 0.25) is 0 Å². The molecule has 0 aliphatic carbocycles. The number of hydrogen-bond acceptors (Lipinski definition) is 6. The molecule has 190 valence electrons. The fourth-order valence-corrected chi connectivity index (χ4v) is 6.43. The van der Waals surface area contributed by atoms with Gasteiger partial charge in [0.15, 0.2) is 5.69 Å². The Balaban J connectivity index is 1.64. The number of anilines is 3. The Hall–Kier alpha value is -3.68. The van der Waals surface area contributed by atoms with E-state index in [1.54, 1.807) is 28.9 Å². The molecule has 0 bridgehead atoms. The van der Waals surface area contributed by atoms with Crippen molar-refractivity contribution in [3.63, 3.8) is 0 Å². The molecule has 1 aliphatic rings. The Bertz CT molecular complexity index is 1770. The van der Waals surface area contributed by atoms with Crippen LogP contribution in [0.25, 0.3) is 16.9 Å². The Morgan fingerprint density at radius 3 is 2.32 bits per heavy atom. The number of halogens is 1. The molecule has 0 saturated heterocycles. The van der Waals surface area contributed by atoms with Crippen molar-refractivity contribution in [2.24, 2.45) is 0 Å². The first-order valence-electron chi connectivity index (χ1n) is 10.8. The average molecular weight is 602 g/mol. The Kier molecular flexibility index (Phi) is 6.09. The van der Waals surface area contributed by atoms with Gasteiger partial charge in [0.25, 0.3) is 15.9 Å². The molecule has 0 fully saturated rings. The normalized spacial score (nSPS) is 14.0. The van der Waals surface area contributed by atoms with Gasteiger partial charge in [0.05, 0.1) is 16.8 Å². The van der Waals surface area contributed by atoms with E-state index in [0.717, 1.165) is 15.0 Å². The molecule has 2 heterocycles. The highest BCUT2D eigenvalue weighted by Gasteiger charge is 2.39. The van der Waals surface area contributed by atoms with Crippen molar-refractivity contribution in [2.75, 3.05) is 27.6 Å². The van der Waals surface area contributed by atoms with Gasteiger partial charge in [-0.2, -0.15) is 5.10 Å². The molecule has 1 amide bonds. The van der Waals surface area contributed by atoms with Gasteiger partial charge < -0.3 is 5.32 Å². The van der Waals surface area contributed by atoms with Crippen LogP contribution in [-0.4, -0.2) is 45.8 Å². The summed E-state index contributed by atoms with van der Waals surface area (Å²) >= 11 is 3.45. The maximum absolute atomic E-state index is 13.5. The third kappa shape index (κ3) is 4.61. The number of sulfonamides is 2. The number of rotatable bonds is 5. The summed E-state index contributed by atoms with van der Waals surface area (Å²) in [4.78, 5) is 13.6. The molecule has 10 nitrogen and oxygen atoms in total. The number of aromatic nitrogens is 2. The van der Waals surface area contributed by atoms with Crippen molar-refractivity contribution in [1.82, 2.24) is 9.78 Å². The summed E-state index contributed by atoms with van der Waals surface area (Å²) in [6.07, 6.45) is 1.04. The number of carbonyl (C=O) groups excluding carboxylic acids is 1. The van der Waals surface area contributed by atoms with E-state index >= 15 is 0 Å². The predicted octanol–water partition coefficient (Wildman–Crippen LogP) is 4.06. The van der Waals surface area contributed by atoms with E-state index in [1.165, 1.54) is 37.4 Å². The molecule has 0 atom stereocenters. The van der Waals surface area contributed by atoms with Crippen LogP contribution < -0.4 is 14.3 Å². The molecule has 1 aliphatic heterocycles. The summed E-state index contributed by atoms with van der Waals surface area (Å²) in [5.74, 6) is -0.629. The zero-order valence-corrected chi connectivity index (χ0v) is 22.7. The minimum Gasteiger partial charge on any atom is -0.321 e. The van der Waals surface area contributed by atoms with Gasteiger partial charge in [-0.05, 0) is 48.5 Å². The van der Waals surface area contributed by atoms with Crippen LogP contribution in [0.3, 0.4) is 0 Å². The standard InChI is InChI=1S/C24H20BrN5O5S2/c1-29-23-21(24(31)26-16-10-12-17(13-11-16)28-36(2,32)33)27-30(18-7-5-6-15(25)14-18)22(23)19-8-3-4-9-20(19)37(29,34)35/h3-14,28H,1-2H3,(H,26,31). The smallest absolute Gasteiger partial charge is 0.278 e. The maximum atomic E-state index is 13.5. The molecule has 0 saturated carbocycles. The molecule has 2 N–H and O–H groups in total. The SMILES string of the molecule is CN1c2c(C(=O)Nc3ccc(NS(C)(=O)=O)cc3)nn(-c3cccc(Br)c3)c2-c2ccccc2S1(=O)=O. The molecule has 0 unspecified atom stereocenters. The van der Waals surface area contributed by atoms with Gasteiger partial charge in [-0.25, -0.2) is 21.5 Å². The fraction of sp³-hybridized carbons (Fsp3) is 0.0833. The van der Waals surface area contributed by atoms with Crippen LogP contribution in [0.5, 0.6) is 0 Å². The van der Waals surface area contributed by atoms with E-state index in [-0.39, 0.29) is 16.3 Å². The highest BCUT2D eigenvalue weighted by molar-refractivity contribution is 9.10. The third-order valence-electron chi connectivity index (χ3n) is 5.67. The Morgan fingerprint density at radius 2 is 1.65 bits per heavy atom. The molecule has 5 rings (SSSR count). The van der Waals surface area contributed by atoms with Crippen LogP contribution in [0.4, 0.5) is 17.1 Å². The minimum atomic E-state index is -3.94. The summed E-state index contributed by atoms with van der Waals surface area (Å²) in [6.45, 7) is 0. The lowest BCUT2D eigenvalue weighted by molar-refractivity contribution is 0.102. The van der Waals surface area contributed by atoms with Gasteiger partial charge in [0.1, 0.15) is 11.4 Å². The van der Waals surface area contributed by atoms with Crippen LogP contribution in [0, 0.1) is 0 Å². The summed E-state index contributed by atoms with van der Waals surface area (Å²) in [5, 5.41) is 7.29. The number of nitrogens with one attached hydrogen (secondary N) is 2. The van der Waals surface area contributed by atoms with Gasteiger partial charge in [-0.15, -0.1) is 0 Å². The molecule has 3 aromatic carbocycles. The van der Waals surface area contributed by atoms with Crippen LogP contribution in [0.1, 0.15) is 10.5 Å². The second-order valence-corrected chi connectivity index (χ2v) is 12.9. The number of nitrogens with zero attached hydrogens (tertiary/aromatic N) is 3. The van der Waals surface area contributed by atoms with E-state index in [4.69, 9.17) is 0 Å². The molecular formula is C24H20BrN5O5S2. The molecule has 0 spiro atoms. The van der Waals surface area contributed by atoms with Gasteiger partial charge in [0, 0.05) is 28.5 Å². The van der Waals surface area contributed by atoms with Crippen molar-refractivity contribution >= 4 is 58.9 Å². The average Bonchev–Trinajstić information content (AvgIpc) is 3.24. The third-order valence-corrected chi connectivity index (χ3v) is 8.58. The number of fused-ring (bicyclic) bond motifs is 3. The lowest BCUT2D eigenvalue weighted by atomic mass is 10.1. The first kappa shape index (κ1) is 25.0. The lowest BCUT2D eigenvalue weighted by Gasteiger charge is -2.27. The Morgan fingerprint density at radius 1 is 0.973 bits per heavy atom. The van der Waals surface area contributed by atoms with E-state index < -0.39 is 26.0 Å². The first-order chi connectivity index (χ1) is 17.5. The molecule has 4 aromatic rings. The van der Waals surface area contributed by atoms with Crippen molar-refractivity contribution in [3.8, 4) is 16.9 Å². The molecule has 0 radical (unpaired) electrons. The van der Waals surface area contributed by atoms with Crippen molar-refractivity contribution in [2.45, 2.75) is 4.90 Å². The summed E-state index contributed by atoms with van der Waals surface area (Å²) in [5.41, 5.74) is 2.28. The maximum Gasteiger partial charge on any atom is 0.278 e. The zero-order chi connectivity index (χ0) is 26.5.